The van der Waals surface area contributed by atoms with Gasteiger partial charge in [0.25, 0.3) is 0 Å². The molecule has 0 bridgehead atoms. The molecule has 1 N–H and O–H groups in total. The van der Waals surface area contributed by atoms with Gasteiger partial charge in [0.15, 0.2) is 5.43 Å². The molecule has 1 aliphatic heterocycles. The molecule has 202 valence electrons. The summed E-state index contributed by atoms with van der Waals surface area (Å²) in [4.78, 5) is 32.5. The highest BCUT2D eigenvalue weighted by Crippen LogP contribution is 2.33. The molecule has 38 heavy (non-hydrogen) atoms. The average molecular weight is 553 g/mol. The van der Waals surface area contributed by atoms with Crippen LogP contribution in [0.25, 0.3) is 21.9 Å². The standard InChI is InChI=1S/C27H36N6O3SSi/c1-18-6-9-31(27(35)29-24-14-19(2)30-37-24)16-22(18)33-11-8-23(34)21-15-28-26-20(25(21)33)7-10-32(26)17-36-12-13-38(3,4)5/h7-8,10-11,14-15,18,22H,6,9,12-13,16-17H2,1-5H3,(H,29,35). The van der Waals surface area contributed by atoms with E-state index >= 15 is 0 Å². The Kier molecular flexibility index (Phi) is 7.43. The maximum absolute atomic E-state index is 13.1. The van der Waals surface area contributed by atoms with Crippen molar-refractivity contribution in [2.24, 2.45) is 5.92 Å². The van der Waals surface area contributed by atoms with E-state index in [9.17, 15) is 9.59 Å². The largest absolute Gasteiger partial charge is 0.361 e. The Morgan fingerprint density at radius 2 is 2.05 bits per heavy atom. The van der Waals surface area contributed by atoms with Crippen LogP contribution in [0.4, 0.5) is 9.80 Å². The second-order valence-electron chi connectivity index (χ2n) is 11.5. The van der Waals surface area contributed by atoms with Crippen LogP contribution in [0.1, 0.15) is 25.1 Å². The van der Waals surface area contributed by atoms with Gasteiger partial charge >= 0.3 is 6.03 Å². The molecule has 9 nitrogen and oxygen atoms in total. The predicted molar refractivity (Wildman–Crippen MR) is 156 cm³/mol. The molecule has 0 radical (unpaired) electrons. The van der Waals surface area contributed by atoms with Gasteiger partial charge in [-0.3, -0.25) is 10.1 Å². The van der Waals surface area contributed by atoms with Crippen molar-refractivity contribution in [3.63, 3.8) is 0 Å². The van der Waals surface area contributed by atoms with Crippen LogP contribution < -0.4 is 10.7 Å². The molecule has 11 heteroatoms. The monoisotopic (exact) mass is 552 g/mol. The van der Waals surface area contributed by atoms with Crippen LogP contribution in [0.2, 0.25) is 25.7 Å². The lowest BCUT2D eigenvalue weighted by atomic mass is 9.92. The number of aryl methyl sites for hydroxylation is 1. The van der Waals surface area contributed by atoms with E-state index in [4.69, 9.17) is 4.74 Å². The summed E-state index contributed by atoms with van der Waals surface area (Å²) in [5.41, 5.74) is 2.49. The Labute approximate surface area is 227 Å². The summed E-state index contributed by atoms with van der Waals surface area (Å²) in [6.07, 6.45) is 6.41. The van der Waals surface area contributed by atoms with Crippen molar-refractivity contribution in [1.29, 1.82) is 0 Å². The Hall–Kier alpha value is -3.02. The highest BCUT2D eigenvalue weighted by Gasteiger charge is 2.31. The number of likely N-dealkylation sites (tertiary alicyclic amines) is 1. The number of ether oxygens (including phenoxy) is 1. The molecule has 1 saturated heterocycles. The Morgan fingerprint density at radius 3 is 2.79 bits per heavy atom. The second kappa shape index (κ2) is 10.6. The first-order chi connectivity index (χ1) is 18.1. The first kappa shape index (κ1) is 26.6. The number of urea groups is 1. The normalized spacial score (nSPS) is 18.4. The van der Waals surface area contributed by atoms with Crippen LogP contribution in [0.3, 0.4) is 0 Å². The van der Waals surface area contributed by atoms with Crippen molar-refractivity contribution >= 4 is 52.6 Å². The molecule has 2 amide bonds. The number of nitrogens with zero attached hydrogens (tertiary/aromatic N) is 5. The summed E-state index contributed by atoms with van der Waals surface area (Å²) in [6, 6.07) is 6.51. The third-order valence-electron chi connectivity index (χ3n) is 7.32. The first-order valence-electron chi connectivity index (χ1n) is 13.2. The zero-order chi connectivity index (χ0) is 27.0. The Bertz CT molecular complexity index is 1520. The van der Waals surface area contributed by atoms with E-state index in [-0.39, 0.29) is 17.5 Å². The third-order valence-corrected chi connectivity index (χ3v) is 9.82. The van der Waals surface area contributed by atoms with Crippen molar-refractivity contribution < 1.29 is 9.53 Å². The number of pyridine rings is 2. The number of carbonyl (C=O) groups excluding carboxylic acids is 1. The van der Waals surface area contributed by atoms with Gasteiger partial charge < -0.3 is 18.8 Å². The van der Waals surface area contributed by atoms with Crippen LogP contribution in [-0.2, 0) is 11.5 Å². The van der Waals surface area contributed by atoms with Crippen molar-refractivity contribution in [2.45, 2.75) is 58.7 Å². The molecule has 2 unspecified atom stereocenters. The van der Waals surface area contributed by atoms with Crippen molar-refractivity contribution in [3.8, 4) is 0 Å². The second-order valence-corrected chi connectivity index (χ2v) is 17.9. The van der Waals surface area contributed by atoms with Gasteiger partial charge in [-0.1, -0.05) is 26.6 Å². The van der Waals surface area contributed by atoms with Gasteiger partial charge in [0.1, 0.15) is 17.4 Å². The maximum Gasteiger partial charge on any atom is 0.322 e. The number of rotatable bonds is 7. The smallest absolute Gasteiger partial charge is 0.322 e. The molecule has 5 rings (SSSR count). The fourth-order valence-corrected chi connectivity index (χ4v) is 6.43. The van der Waals surface area contributed by atoms with E-state index < -0.39 is 8.07 Å². The van der Waals surface area contributed by atoms with Crippen LogP contribution in [0.5, 0.6) is 0 Å². The number of anilines is 1. The number of aromatic nitrogens is 4. The Balaban J connectivity index is 1.45. The SMILES string of the molecule is Cc1cc(NC(=O)N2CCC(C)C(n3ccc(=O)c4cnc5c(ccn5COCC[Si](C)(C)C)c43)C2)sn1. The van der Waals surface area contributed by atoms with Gasteiger partial charge in [-0.15, -0.1) is 0 Å². The lowest BCUT2D eigenvalue weighted by Crippen LogP contribution is -2.45. The number of hydrogen-bond acceptors (Lipinski definition) is 6. The minimum Gasteiger partial charge on any atom is -0.361 e. The van der Waals surface area contributed by atoms with E-state index in [2.05, 4.69) is 45.8 Å². The Morgan fingerprint density at radius 1 is 1.24 bits per heavy atom. The summed E-state index contributed by atoms with van der Waals surface area (Å²) in [6.45, 7) is 13.5. The summed E-state index contributed by atoms with van der Waals surface area (Å²) >= 11 is 1.29. The molecular formula is C27H36N6O3SSi. The number of nitrogens with one attached hydrogen (secondary N) is 1. The third kappa shape index (κ3) is 5.55. The van der Waals surface area contributed by atoms with Crippen LogP contribution in [0, 0.1) is 12.8 Å². The van der Waals surface area contributed by atoms with Gasteiger partial charge in [0.05, 0.1) is 22.6 Å². The topological polar surface area (TPSA) is 94.3 Å². The zero-order valence-electron chi connectivity index (χ0n) is 22.7. The van der Waals surface area contributed by atoms with Gasteiger partial charge in [0, 0.05) is 57.8 Å². The fourth-order valence-electron chi connectivity index (χ4n) is 5.02. The number of carbonyl (C=O) groups is 1. The quantitative estimate of drug-likeness (QED) is 0.240. The zero-order valence-corrected chi connectivity index (χ0v) is 24.5. The molecule has 1 aliphatic rings. The summed E-state index contributed by atoms with van der Waals surface area (Å²) in [5, 5.41) is 5.25. The lowest BCUT2D eigenvalue weighted by molar-refractivity contribution is 0.0899. The molecule has 0 spiro atoms. The minimum absolute atomic E-state index is 0.0164. The maximum atomic E-state index is 13.1. The molecule has 1 fully saturated rings. The van der Waals surface area contributed by atoms with Crippen LogP contribution in [-0.4, -0.2) is 57.2 Å². The van der Waals surface area contributed by atoms with E-state index in [0.29, 0.717) is 31.1 Å². The number of hydrogen-bond donors (Lipinski definition) is 1. The number of piperidine rings is 1. The minimum atomic E-state index is -1.17. The molecule has 0 aromatic carbocycles. The molecule has 4 aromatic rings. The first-order valence-corrected chi connectivity index (χ1v) is 17.6. The van der Waals surface area contributed by atoms with Crippen LogP contribution in [0.15, 0.2) is 41.6 Å². The predicted octanol–water partition coefficient (Wildman–Crippen LogP) is 5.54. The van der Waals surface area contributed by atoms with Gasteiger partial charge in [-0.05, 0) is 49.0 Å². The van der Waals surface area contributed by atoms with E-state index in [0.717, 1.165) is 46.3 Å². The lowest BCUT2D eigenvalue weighted by Gasteiger charge is -2.38. The number of amides is 2. The molecule has 0 aliphatic carbocycles. The summed E-state index contributed by atoms with van der Waals surface area (Å²) in [5.74, 6) is 0.325. The molecule has 2 atom stereocenters. The van der Waals surface area contributed by atoms with E-state index in [1.54, 1.807) is 12.3 Å². The van der Waals surface area contributed by atoms with Crippen molar-refractivity contribution in [2.75, 3.05) is 25.0 Å². The summed E-state index contributed by atoms with van der Waals surface area (Å²) in [7, 11) is -1.17. The average Bonchev–Trinajstić information content (AvgIpc) is 3.47. The molecule has 0 saturated carbocycles. The van der Waals surface area contributed by atoms with Gasteiger partial charge in [-0.25, -0.2) is 9.78 Å². The fraction of sp³-hybridized carbons (Fsp3) is 0.481. The van der Waals surface area contributed by atoms with Crippen LogP contribution >= 0.6 is 11.5 Å². The van der Waals surface area contributed by atoms with Gasteiger partial charge in [-0.2, -0.15) is 4.37 Å². The van der Waals surface area contributed by atoms with Crippen molar-refractivity contribution in [1.82, 2.24) is 23.4 Å². The summed E-state index contributed by atoms with van der Waals surface area (Å²) < 4.78 is 14.4. The molecule has 5 heterocycles. The molecule has 4 aromatic heterocycles. The van der Waals surface area contributed by atoms with Crippen molar-refractivity contribution in [3.05, 3.63) is 52.7 Å². The highest BCUT2D eigenvalue weighted by molar-refractivity contribution is 7.10. The van der Waals surface area contributed by atoms with E-state index in [1.165, 1.54) is 11.5 Å². The highest BCUT2D eigenvalue weighted by atomic mass is 32.1. The molecular weight excluding hydrogens is 516 g/mol. The van der Waals surface area contributed by atoms with Gasteiger partial charge in [0.2, 0.25) is 0 Å². The number of fused-ring (bicyclic) bond motifs is 3. The van der Waals surface area contributed by atoms with E-state index in [1.807, 2.05) is 40.9 Å².